The van der Waals surface area contributed by atoms with Gasteiger partial charge in [-0.2, -0.15) is 5.10 Å². The smallest absolute Gasteiger partial charge is 0.253 e. The Morgan fingerprint density at radius 2 is 1.80 bits per heavy atom. The van der Waals surface area contributed by atoms with Gasteiger partial charge in [0.2, 0.25) is 11.9 Å². The normalized spacial score (nSPS) is 15.1. The SMILES string of the molecule is CN(C)C/C=C/C(=O)Nc1ccc(C(=O)N2CCC[C@@H](Nc3nccc(-c4c(-c5ccccc5)nn5ccccc45)n3)C2)cc1. The number of fused-ring (bicyclic) bond motifs is 1. The molecule has 1 aliphatic heterocycles. The zero-order valence-corrected chi connectivity index (χ0v) is 25.4. The van der Waals surface area contributed by atoms with Crippen molar-refractivity contribution < 1.29 is 9.59 Å². The summed E-state index contributed by atoms with van der Waals surface area (Å²) >= 11 is 0. The lowest BCUT2D eigenvalue weighted by molar-refractivity contribution is -0.111. The van der Waals surface area contributed by atoms with E-state index < -0.39 is 0 Å². The van der Waals surface area contributed by atoms with E-state index in [0.717, 1.165) is 40.9 Å². The van der Waals surface area contributed by atoms with Crippen molar-refractivity contribution in [2.24, 2.45) is 0 Å². The molecule has 1 aliphatic rings. The molecule has 0 aliphatic carbocycles. The maximum atomic E-state index is 13.4. The summed E-state index contributed by atoms with van der Waals surface area (Å²) in [7, 11) is 3.88. The number of likely N-dealkylation sites (tertiary alicyclic amines) is 1. The van der Waals surface area contributed by atoms with Crippen LogP contribution in [0.4, 0.5) is 11.6 Å². The zero-order chi connectivity index (χ0) is 31.2. The van der Waals surface area contributed by atoms with Crippen LogP contribution in [0.3, 0.4) is 0 Å². The lowest BCUT2D eigenvalue weighted by atomic mass is 10.0. The second-order valence-electron chi connectivity index (χ2n) is 11.4. The Morgan fingerprint density at radius 3 is 2.60 bits per heavy atom. The number of likely N-dealkylation sites (N-methyl/N-ethyl adjacent to an activating group) is 1. The maximum Gasteiger partial charge on any atom is 0.253 e. The molecule has 2 N–H and O–H groups in total. The second-order valence-corrected chi connectivity index (χ2v) is 11.4. The first-order valence-corrected chi connectivity index (χ1v) is 15.1. The Bertz CT molecular complexity index is 1820. The van der Waals surface area contributed by atoms with Gasteiger partial charge in [0, 0.05) is 61.0 Å². The fourth-order valence-corrected chi connectivity index (χ4v) is 5.51. The summed E-state index contributed by atoms with van der Waals surface area (Å²) in [5, 5.41) is 11.2. The molecule has 0 bridgehead atoms. The van der Waals surface area contributed by atoms with E-state index >= 15 is 0 Å². The van der Waals surface area contributed by atoms with E-state index in [1.807, 2.05) is 89.2 Å². The summed E-state index contributed by atoms with van der Waals surface area (Å²) in [6.45, 7) is 1.89. The Balaban J connectivity index is 1.14. The highest BCUT2D eigenvalue weighted by molar-refractivity contribution is 6.00. The third-order valence-corrected chi connectivity index (χ3v) is 7.68. The molecule has 3 aromatic heterocycles. The van der Waals surface area contributed by atoms with Crippen molar-refractivity contribution in [1.29, 1.82) is 0 Å². The molecule has 2 amide bonds. The van der Waals surface area contributed by atoms with Crippen LogP contribution in [-0.4, -0.2) is 81.0 Å². The van der Waals surface area contributed by atoms with Gasteiger partial charge in [0.1, 0.15) is 5.69 Å². The van der Waals surface area contributed by atoms with Gasteiger partial charge in [0.05, 0.1) is 16.8 Å². The summed E-state index contributed by atoms with van der Waals surface area (Å²) < 4.78 is 1.88. The number of benzene rings is 2. The van der Waals surface area contributed by atoms with Gasteiger partial charge in [-0.3, -0.25) is 9.59 Å². The number of piperidine rings is 1. The Kier molecular flexibility index (Phi) is 8.93. The van der Waals surface area contributed by atoms with Crippen LogP contribution >= 0.6 is 0 Å². The molecule has 10 nitrogen and oxygen atoms in total. The van der Waals surface area contributed by atoms with Gasteiger partial charge in [0.15, 0.2) is 0 Å². The number of carbonyl (C=O) groups excluding carboxylic acids is 2. The second kappa shape index (κ2) is 13.5. The Hall–Kier alpha value is -5.35. The molecule has 1 fully saturated rings. The van der Waals surface area contributed by atoms with Crippen molar-refractivity contribution in [3.05, 3.63) is 109 Å². The van der Waals surface area contributed by atoms with E-state index in [-0.39, 0.29) is 17.9 Å². The topological polar surface area (TPSA) is 108 Å². The van der Waals surface area contributed by atoms with Gasteiger partial charge in [-0.25, -0.2) is 14.5 Å². The van der Waals surface area contributed by atoms with E-state index in [1.54, 1.807) is 36.5 Å². The number of nitrogens with one attached hydrogen (secondary N) is 2. The van der Waals surface area contributed by atoms with Crippen LogP contribution in [0.1, 0.15) is 23.2 Å². The van der Waals surface area contributed by atoms with Gasteiger partial charge >= 0.3 is 0 Å². The van der Waals surface area contributed by atoms with Crippen molar-refractivity contribution >= 4 is 29.0 Å². The summed E-state index contributed by atoms with van der Waals surface area (Å²) in [6, 6.07) is 25.0. The predicted octanol–water partition coefficient (Wildman–Crippen LogP) is 5.23. The van der Waals surface area contributed by atoms with Crippen molar-refractivity contribution in [2.45, 2.75) is 18.9 Å². The number of pyridine rings is 1. The maximum absolute atomic E-state index is 13.4. The molecular formula is C35H36N8O2. The molecule has 2 aromatic carbocycles. The summed E-state index contributed by atoms with van der Waals surface area (Å²) in [6.07, 6.45) is 8.78. The first-order valence-electron chi connectivity index (χ1n) is 15.1. The van der Waals surface area contributed by atoms with Crippen LogP contribution < -0.4 is 10.6 Å². The molecule has 1 saturated heterocycles. The predicted molar refractivity (Wildman–Crippen MR) is 177 cm³/mol. The molecule has 0 saturated carbocycles. The van der Waals surface area contributed by atoms with Gasteiger partial charge < -0.3 is 20.4 Å². The van der Waals surface area contributed by atoms with Crippen LogP contribution in [0.25, 0.3) is 28.0 Å². The van der Waals surface area contributed by atoms with Crippen LogP contribution in [0.5, 0.6) is 0 Å². The van der Waals surface area contributed by atoms with Gasteiger partial charge in [-0.05, 0) is 69.4 Å². The van der Waals surface area contributed by atoms with Crippen molar-refractivity contribution in [3.63, 3.8) is 0 Å². The van der Waals surface area contributed by atoms with E-state index in [1.165, 1.54) is 6.08 Å². The minimum absolute atomic E-state index is 0.00274. The number of rotatable bonds is 9. The molecule has 10 heteroatoms. The number of hydrogen-bond donors (Lipinski definition) is 2. The monoisotopic (exact) mass is 600 g/mol. The van der Waals surface area contributed by atoms with Crippen LogP contribution in [0, 0.1) is 0 Å². The Morgan fingerprint density at radius 1 is 1.00 bits per heavy atom. The molecule has 5 aromatic rings. The number of nitrogens with zero attached hydrogens (tertiary/aromatic N) is 6. The number of anilines is 2. The van der Waals surface area contributed by atoms with Gasteiger partial charge in [-0.1, -0.05) is 42.5 Å². The third kappa shape index (κ3) is 7.08. The minimum Gasteiger partial charge on any atom is -0.350 e. The van der Waals surface area contributed by atoms with Gasteiger partial charge in [0.25, 0.3) is 5.91 Å². The molecule has 45 heavy (non-hydrogen) atoms. The minimum atomic E-state index is -0.204. The van der Waals surface area contributed by atoms with Crippen LogP contribution in [0.2, 0.25) is 0 Å². The molecule has 1 atom stereocenters. The summed E-state index contributed by atoms with van der Waals surface area (Å²) in [4.78, 5) is 38.8. The first-order chi connectivity index (χ1) is 21.9. The largest absolute Gasteiger partial charge is 0.350 e. The highest BCUT2D eigenvalue weighted by atomic mass is 16.2. The zero-order valence-electron chi connectivity index (χ0n) is 25.4. The highest BCUT2D eigenvalue weighted by Gasteiger charge is 2.25. The average Bonchev–Trinajstić information content (AvgIpc) is 3.45. The number of aromatic nitrogens is 4. The quantitative estimate of drug-likeness (QED) is 0.223. The lowest BCUT2D eigenvalue weighted by Gasteiger charge is -2.33. The number of carbonyl (C=O) groups is 2. The number of amides is 2. The van der Waals surface area contributed by atoms with E-state index in [9.17, 15) is 9.59 Å². The fourth-order valence-electron chi connectivity index (χ4n) is 5.51. The van der Waals surface area contributed by atoms with Gasteiger partial charge in [-0.15, -0.1) is 0 Å². The molecule has 228 valence electrons. The van der Waals surface area contributed by atoms with E-state index in [2.05, 4.69) is 15.6 Å². The first kappa shape index (κ1) is 29.7. The van der Waals surface area contributed by atoms with Crippen LogP contribution in [-0.2, 0) is 4.79 Å². The third-order valence-electron chi connectivity index (χ3n) is 7.68. The van der Waals surface area contributed by atoms with E-state index in [0.29, 0.717) is 36.8 Å². The molecule has 0 unspecified atom stereocenters. The molecular weight excluding hydrogens is 564 g/mol. The average molecular weight is 601 g/mol. The molecule has 4 heterocycles. The van der Waals surface area contributed by atoms with Crippen molar-refractivity contribution in [3.8, 4) is 22.5 Å². The Labute approximate surface area is 262 Å². The molecule has 6 rings (SSSR count). The van der Waals surface area contributed by atoms with Crippen LogP contribution in [0.15, 0.2) is 103 Å². The van der Waals surface area contributed by atoms with Crippen molar-refractivity contribution in [1.82, 2.24) is 29.4 Å². The molecule has 0 spiro atoms. The molecule has 0 radical (unpaired) electrons. The summed E-state index contributed by atoms with van der Waals surface area (Å²) in [5.74, 6) is 0.268. The highest BCUT2D eigenvalue weighted by Crippen LogP contribution is 2.34. The van der Waals surface area contributed by atoms with E-state index in [4.69, 9.17) is 10.1 Å². The standard InChI is InChI=1S/C35H36N8O2/c1-41(2)21-9-14-31(44)37-27-17-15-26(16-18-27)34(45)42-22-8-12-28(24-42)38-35-36-20-19-29(39-35)32-30-13-6-7-23-43(30)40-33(32)25-10-4-3-5-11-25/h3-7,9-11,13-20,23,28H,8,12,21-22,24H2,1-2H3,(H,37,44)(H,36,38,39)/b14-9+/t28-/m1/s1. The van der Waals surface area contributed by atoms with Crippen molar-refractivity contribution in [2.75, 3.05) is 44.4 Å². The lowest BCUT2D eigenvalue weighted by Crippen LogP contribution is -2.45. The summed E-state index contributed by atoms with van der Waals surface area (Å²) in [5.41, 5.74) is 5.76. The number of hydrogen-bond acceptors (Lipinski definition) is 7. The fraction of sp³-hybridized carbons (Fsp3) is 0.229.